The summed E-state index contributed by atoms with van der Waals surface area (Å²) in [5.74, 6) is -1.52. The van der Waals surface area contributed by atoms with Crippen molar-refractivity contribution in [1.29, 1.82) is 0 Å². The lowest BCUT2D eigenvalue weighted by Gasteiger charge is -2.05. The van der Waals surface area contributed by atoms with Gasteiger partial charge >= 0.3 is 17.8 Å². The molecule has 0 saturated carbocycles. The maximum atomic E-state index is 11.9. The van der Waals surface area contributed by atoms with Crippen molar-refractivity contribution in [3.8, 4) is 5.75 Å². The van der Waals surface area contributed by atoms with E-state index >= 15 is 0 Å². The third-order valence-electron chi connectivity index (χ3n) is 3.43. The minimum Gasteiger partial charge on any atom is -0.494 e. The van der Waals surface area contributed by atoms with Crippen molar-refractivity contribution < 1.29 is 23.9 Å². The predicted octanol–water partition coefficient (Wildman–Crippen LogP) is 2.35. The van der Waals surface area contributed by atoms with Crippen molar-refractivity contribution in [2.75, 3.05) is 18.5 Å². The minimum atomic E-state index is -0.920. The van der Waals surface area contributed by atoms with Crippen LogP contribution in [0.25, 0.3) is 0 Å². The number of nitrogens with zero attached hydrogens (tertiary/aromatic N) is 1. The summed E-state index contributed by atoms with van der Waals surface area (Å²) in [6.07, 6.45) is 1.41. The van der Waals surface area contributed by atoms with Crippen molar-refractivity contribution in [2.24, 2.45) is 5.10 Å². The highest BCUT2D eigenvalue weighted by atomic mass is 16.5. The molecule has 0 aromatic heterocycles. The van der Waals surface area contributed by atoms with E-state index in [1.165, 1.54) is 30.5 Å². The highest BCUT2D eigenvalue weighted by Gasteiger charge is 2.13. The van der Waals surface area contributed by atoms with Gasteiger partial charge in [0, 0.05) is 5.69 Å². The number of hydrogen-bond donors (Lipinski definition) is 2. The summed E-state index contributed by atoms with van der Waals surface area (Å²) >= 11 is 0. The van der Waals surface area contributed by atoms with Crippen LogP contribution in [0.5, 0.6) is 5.75 Å². The fourth-order valence-electron chi connectivity index (χ4n) is 2.12. The molecule has 2 N–H and O–H groups in total. The van der Waals surface area contributed by atoms with E-state index in [0.717, 1.165) is 11.3 Å². The van der Waals surface area contributed by atoms with Gasteiger partial charge < -0.3 is 14.8 Å². The Morgan fingerprint density at radius 2 is 1.61 bits per heavy atom. The molecule has 0 radical (unpaired) electrons. The van der Waals surface area contributed by atoms with E-state index in [0.29, 0.717) is 17.9 Å². The lowest BCUT2D eigenvalue weighted by atomic mass is 10.2. The number of carbonyl (C=O) groups is 3. The number of rotatable bonds is 7. The first-order chi connectivity index (χ1) is 13.5. The number of hydrogen-bond acceptors (Lipinski definition) is 6. The number of carbonyl (C=O) groups excluding carboxylic acids is 3. The molecular formula is C20H21N3O5. The van der Waals surface area contributed by atoms with Crippen molar-refractivity contribution in [2.45, 2.75) is 13.8 Å². The number of hydrazone groups is 1. The summed E-state index contributed by atoms with van der Waals surface area (Å²) in [7, 11) is 0. The zero-order valence-corrected chi connectivity index (χ0v) is 15.6. The van der Waals surface area contributed by atoms with Crippen LogP contribution in [0.1, 0.15) is 29.8 Å². The summed E-state index contributed by atoms with van der Waals surface area (Å²) in [5.41, 5.74) is 3.60. The second-order valence-corrected chi connectivity index (χ2v) is 5.45. The highest BCUT2D eigenvalue weighted by Crippen LogP contribution is 2.11. The van der Waals surface area contributed by atoms with Crippen LogP contribution in [0.4, 0.5) is 5.69 Å². The Morgan fingerprint density at radius 3 is 2.21 bits per heavy atom. The molecule has 2 aromatic rings. The van der Waals surface area contributed by atoms with E-state index in [4.69, 9.17) is 9.47 Å². The Bertz CT molecular complexity index is 845. The molecule has 0 heterocycles. The average molecular weight is 383 g/mol. The molecule has 0 unspecified atom stereocenters. The number of benzene rings is 2. The molecule has 146 valence electrons. The van der Waals surface area contributed by atoms with Gasteiger partial charge in [-0.15, -0.1) is 0 Å². The highest BCUT2D eigenvalue weighted by molar-refractivity contribution is 6.39. The van der Waals surface area contributed by atoms with E-state index < -0.39 is 17.8 Å². The normalized spacial score (nSPS) is 10.4. The Kier molecular flexibility index (Phi) is 7.71. The molecule has 0 saturated heterocycles. The molecule has 28 heavy (non-hydrogen) atoms. The second kappa shape index (κ2) is 10.5. The van der Waals surface area contributed by atoms with Gasteiger partial charge in [0.15, 0.2) is 0 Å². The van der Waals surface area contributed by atoms with E-state index in [1.54, 1.807) is 31.2 Å². The number of amides is 2. The SMILES string of the molecule is CCOC(=O)c1ccc(NC(=O)C(=O)NN=Cc2ccc(OCC)cc2)cc1. The molecule has 0 fully saturated rings. The molecule has 2 aromatic carbocycles. The van der Waals surface area contributed by atoms with Gasteiger partial charge in [0.1, 0.15) is 5.75 Å². The van der Waals surface area contributed by atoms with Gasteiger partial charge in [-0.3, -0.25) is 9.59 Å². The minimum absolute atomic E-state index is 0.272. The van der Waals surface area contributed by atoms with Gasteiger partial charge in [-0.05, 0) is 67.9 Å². The van der Waals surface area contributed by atoms with Gasteiger partial charge in [0.25, 0.3) is 0 Å². The third-order valence-corrected chi connectivity index (χ3v) is 3.43. The quantitative estimate of drug-likeness (QED) is 0.330. The largest absolute Gasteiger partial charge is 0.494 e. The van der Waals surface area contributed by atoms with E-state index in [9.17, 15) is 14.4 Å². The van der Waals surface area contributed by atoms with Crippen LogP contribution >= 0.6 is 0 Å². The molecule has 8 heteroatoms. The van der Waals surface area contributed by atoms with Crippen LogP contribution < -0.4 is 15.5 Å². The Hall–Kier alpha value is -3.68. The summed E-state index contributed by atoms with van der Waals surface area (Å²) < 4.78 is 10.2. The second-order valence-electron chi connectivity index (χ2n) is 5.45. The van der Waals surface area contributed by atoms with Gasteiger partial charge in [-0.1, -0.05) is 0 Å². The first-order valence-corrected chi connectivity index (χ1v) is 8.68. The first kappa shape index (κ1) is 20.6. The average Bonchev–Trinajstić information content (AvgIpc) is 2.70. The molecule has 8 nitrogen and oxygen atoms in total. The van der Waals surface area contributed by atoms with Crippen molar-refractivity contribution >= 4 is 29.7 Å². The lowest BCUT2D eigenvalue weighted by Crippen LogP contribution is -2.32. The van der Waals surface area contributed by atoms with E-state index in [2.05, 4.69) is 15.8 Å². The first-order valence-electron chi connectivity index (χ1n) is 8.68. The van der Waals surface area contributed by atoms with Crippen LogP contribution in [0, 0.1) is 0 Å². The van der Waals surface area contributed by atoms with Crippen molar-refractivity contribution in [3.05, 3.63) is 59.7 Å². The maximum Gasteiger partial charge on any atom is 0.338 e. The Balaban J connectivity index is 1.85. The zero-order valence-electron chi connectivity index (χ0n) is 15.6. The van der Waals surface area contributed by atoms with Crippen LogP contribution in [0.3, 0.4) is 0 Å². The van der Waals surface area contributed by atoms with Gasteiger partial charge in [0.2, 0.25) is 0 Å². The molecular weight excluding hydrogens is 362 g/mol. The fraction of sp³-hybridized carbons (Fsp3) is 0.200. The van der Waals surface area contributed by atoms with Gasteiger partial charge in [-0.2, -0.15) is 5.10 Å². The molecule has 0 atom stereocenters. The Morgan fingerprint density at radius 1 is 0.929 bits per heavy atom. The molecule has 2 amide bonds. The van der Waals surface area contributed by atoms with Crippen LogP contribution in [0.15, 0.2) is 53.6 Å². The Labute approximate surface area is 162 Å². The standard InChI is InChI=1S/C20H21N3O5/c1-3-27-17-11-5-14(6-12-17)13-21-23-19(25)18(24)22-16-9-7-15(8-10-16)20(26)28-4-2/h5-13H,3-4H2,1-2H3,(H,22,24)(H,23,25). The number of nitrogens with one attached hydrogen (secondary N) is 2. The lowest BCUT2D eigenvalue weighted by molar-refractivity contribution is -0.136. The molecule has 0 aliphatic carbocycles. The smallest absolute Gasteiger partial charge is 0.338 e. The van der Waals surface area contributed by atoms with Crippen molar-refractivity contribution in [3.63, 3.8) is 0 Å². The van der Waals surface area contributed by atoms with Crippen LogP contribution in [0.2, 0.25) is 0 Å². The van der Waals surface area contributed by atoms with Crippen LogP contribution in [-0.2, 0) is 14.3 Å². The van der Waals surface area contributed by atoms with Gasteiger partial charge in [0.05, 0.1) is 25.0 Å². The topological polar surface area (TPSA) is 106 Å². The van der Waals surface area contributed by atoms with Gasteiger partial charge in [-0.25, -0.2) is 10.2 Å². The van der Waals surface area contributed by atoms with E-state index in [1.807, 2.05) is 6.92 Å². The summed E-state index contributed by atoms with van der Waals surface area (Å²) in [6, 6.07) is 13.1. The molecule has 0 aliphatic rings. The van der Waals surface area contributed by atoms with Crippen molar-refractivity contribution in [1.82, 2.24) is 5.43 Å². The predicted molar refractivity (Wildman–Crippen MR) is 104 cm³/mol. The molecule has 0 bridgehead atoms. The molecule has 0 aliphatic heterocycles. The number of anilines is 1. The number of esters is 1. The fourth-order valence-corrected chi connectivity index (χ4v) is 2.12. The van der Waals surface area contributed by atoms with Crippen LogP contribution in [-0.4, -0.2) is 37.2 Å². The molecule has 0 spiro atoms. The summed E-state index contributed by atoms with van der Waals surface area (Å²) in [5, 5.41) is 6.17. The number of ether oxygens (including phenoxy) is 2. The summed E-state index contributed by atoms with van der Waals surface area (Å²) in [6.45, 7) is 4.45. The zero-order chi connectivity index (χ0) is 20.4. The molecule has 2 rings (SSSR count). The monoisotopic (exact) mass is 383 g/mol. The maximum absolute atomic E-state index is 11.9. The summed E-state index contributed by atoms with van der Waals surface area (Å²) in [4.78, 5) is 35.3. The third kappa shape index (κ3) is 6.24. The van der Waals surface area contributed by atoms with E-state index in [-0.39, 0.29) is 6.61 Å².